The Bertz CT molecular complexity index is 897. The Morgan fingerprint density at radius 2 is 1.71 bits per heavy atom. The second kappa shape index (κ2) is 12.0. The normalized spacial score (nSPS) is 11.7. The molecule has 0 aliphatic carbocycles. The Kier molecular flexibility index (Phi) is 9.66. The fourth-order valence-corrected chi connectivity index (χ4v) is 3.76. The summed E-state index contributed by atoms with van der Waals surface area (Å²) in [5.41, 5.74) is 2.66. The fourth-order valence-electron chi connectivity index (χ4n) is 3.24. The molecule has 1 unspecified atom stereocenters. The van der Waals surface area contributed by atoms with Crippen molar-refractivity contribution in [2.75, 3.05) is 13.2 Å². The van der Waals surface area contributed by atoms with Crippen molar-refractivity contribution in [2.45, 2.75) is 53.1 Å². The molecule has 2 amide bonds. The molecule has 2 aromatic carbocycles. The van der Waals surface area contributed by atoms with Crippen LogP contribution in [0.4, 0.5) is 0 Å². The van der Waals surface area contributed by atoms with Crippen molar-refractivity contribution in [2.24, 2.45) is 0 Å². The van der Waals surface area contributed by atoms with E-state index in [1.807, 2.05) is 45.9 Å². The lowest BCUT2D eigenvalue weighted by Gasteiger charge is -2.31. The summed E-state index contributed by atoms with van der Waals surface area (Å²) in [6.07, 6.45) is 1.26. The Morgan fingerprint density at radius 1 is 1.06 bits per heavy atom. The van der Waals surface area contributed by atoms with Crippen molar-refractivity contribution in [3.8, 4) is 5.75 Å². The van der Waals surface area contributed by atoms with Crippen molar-refractivity contribution in [1.82, 2.24) is 10.2 Å². The van der Waals surface area contributed by atoms with Crippen molar-refractivity contribution in [3.05, 3.63) is 63.1 Å². The zero-order chi connectivity index (χ0) is 23.0. The van der Waals surface area contributed by atoms with Crippen LogP contribution in [-0.4, -0.2) is 35.9 Å². The van der Waals surface area contributed by atoms with E-state index >= 15 is 0 Å². The highest BCUT2D eigenvalue weighted by Crippen LogP contribution is 2.27. The van der Waals surface area contributed by atoms with Gasteiger partial charge in [0.15, 0.2) is 6.61 Å². The number of nitrogens with one attached hydrogen (secondary N) is 1. The molecule has 0 radical (unpaired) electrons. The predicted molar refractivity (Wildman–Crippen MR) is 126 cm³/mol. The van der Waals surface area contributed by atoms with Crippen LogP contribution < -0.4 is 10.1 Å². The SMILES string of the molecule is CCCNC(=O)C(CC)N(Cc1c(Cl)cccc1Cl)C(=O)COc1cccc(C)c1C. The first kappa shape index (κ1) is 25.0. The van der Waals surface area contributed by atoms with E-state index in [2.05, 4.69) is 5.32 Å². The van der Waals surface area contributed by atoms with Gasteiger partial charge in [-0.3, -0.25) is 9.59 Å². The van der Waals surface area contributed by atoms with Crippen LogP contribution in [0.25, 0.3) is 0 Å². The van der Waals surface area contributed by atoms with E-state index in [1.54, 1.807) is 18.2 Å². The van der Waals surface area contributed by atoms with Crippen LogP contribution in [0.5, 0.6) is 5.75 Å². The number of halogens is 2. The van der Waals surface area contributed by atoms with Crippen molar-refractivity contribution in [3.63, 3.8) is 0 Å². The molecule has 0 aromatic heterocycles. The molecule has 0 heterocycles. The number of amides is 2. The summed E-state index contributed by atoms with van der Waals surface area (Å²) in [6.45, 7) is 8.25. The van der Waals surface area contributed by atoms with Gasteiger partial charge in [-0.1, -0.05) is 55.2 Å². The van der Waals surface area contributed by atoms with Gasteiger partial charge in [0, 0.05) is 28.7 Å². The van der Waals surface area contributed by atoms with Gasteiger partial charge < -0.3 is 15.0 Å². The summed E-state index contributed by atoms with van der Waals surface area (Å²) in [6, 6.07) is 10.2. The Labute approximate surface area is 194 Å². The average molecular weight is 465 g/mol. The molecular weight excluding hydrogens is 435 g/mol. The van der Waals surface area contributed by atoms with Crippen LogP contribution in [-0.2, 0) is 16.1 Å². The van der Waals surface area contributed by atoms with Crippen molar-refractivity contribution >= 4 is 35.0 Å². The van der Waals surface area contributed by atoms with Crippen LogP contribution in [0.3, 0.4) is 0 Å². The largest absolute Gasteiger partial charge is 0.483 e. The number of hydrogen-bond donors (Lipinski definition) is 1. The van der Waals surface area contributed by atoms with Crippen molar-refractivity contribution < 1.29 is 14.3 Å². The lowest BCUT2D eigenvalue weighted by molar-refractivity contribution is -0.143. The maximum atomic E-state index is 13.3. The van der Waals surface area contributed by atoms with E-state index in [-0.39, 0.29) is 25.0 Å². The van der Waals surface area contributed by atoms with Crippen molar-refractivity contribution in [1.29, 1.82) is 0 Å². The summed E-state index contributed by atoms with van der Waals surface area (Å²) in [7, 11) is 0. The molecule has 0 aliphatic rings. The lowest BCUT2D eigenvalue weighted by atomic mass is 10.1. The van der Waals surface area contributed by atoms with Crippen LogP contribution in [0.2, 0.25) is 10.0 Å². The molecule has 1 atom stereocenters. The van der Waals surface area contributed by atoms with E-state index < -0.39 is 6.04 Å². The highest BCUT2D eigenvalue weighted by atomic mass is 35.5. The maximum Gasteiger partial charge on any atom is 0.261 e. The molecule has 1 N–H and O–H groups in total. The predicted octanol–water partition coefficient (Wildman–Crippen LogP) is 5.32. The highest BCUT2D eigenvalue weighted by Gasteiger charge is 2.30. The number of benzene rings is 2. The van der Waals surface area contributed by atoms with E-state index in [0.717, 1.165) is 17.5 Å². The van der Waals surface area contributed by atoms with E-state index in [4.69, 9.17) is 27.9 Å². The zero-order valence-corrected chi connectivity index (χ0v) is 20.0. The van der Waals surface area contributed by atoms with Gasteiger partial charge in [0.25, 0.3) is 5.91 Å². The Balaban J connectivity index is 2.29. The van der Waals surface area contributed by atoms with Gasteiger partial charge >= 0.3 is 0 Å². The van der Waals surface area contributed by atoms with E-state index in [9.17, 15) is 9.59 Å². The molecule has 2 rings (SSSR count). The number of nitrogens with zero attached hydrogens (tertiary/aromatic N) is 1. The molecule has 5 nitrogen and oxygen atoms in total. The molecular formula is C24H30Cl2N2O3. The first-order valence-corrected chi connectivity index (χ1v) is 11.2. The molecule has 31 heavy (non-hydrogen) atoms. The second-order valence-corrected chi connectivity index (χ2v) is 8.24. The van der Waals surface area contributed by atoms with Crippen LogP contribution >= 0.6 is 23.2 Å². The molecule has 0 saturated heterocycles. The molecule has 0 bridgehead atoms. The molecule has 168 valence electrons. The average Bonchev–Trinajstić information content (AvgIpc) is 2.74. The third-order valence-corrected chi connectivity index (χ3v) is 5.94. The number of rotatable bonds is 10. The zero-order valence-electron chi connectivity index (χ0n) is 18.5. The molecule has 0 fully saturated rings. The summed E-state index contributed by atoms with van der Waals surface area (Å²) in [5.74, 6) is 0.135. The van der Waals surface area contributed by atoms with Gasteiger partial charge in [-0.25, -0.2) is 0 Å². The first-order valence-electron chi connectivity index (χ1n) is 10.5. The molecule has 7 heteroatoms. The van der Waals surface area contributed by atoms with Crippen LogP contribution in [0.15, 0.2) is 36.4 Å². The minimum absolute atomic E-state index is 0.117. The maximum absolute atomic E-state index is 13.3. The number of ether oxygens (including phenoxy) is 1. The quantitative estimate of drug-likeness (QED) is 0.517. The number of carbonyl (C=O) groups is 2. The minimum Gasteiger partial charge on any atom is -0.483 e. The Hall–Kier alpha value is -2.24. The molecule has 0 aliphatic heterocycles. The first-order chi connectivity index (χ1) is 14.8. The van der Waals surface area contributed by atoms with Crippen LogP contribution in [0, 0.1) is 13.8 Å². The third-order valence-electron chi connectivity index (χ3n) is 5.23. The number of carbonyl (C=O) groups excluding carboxylic acids is 2. The third kappa shape index (κ3) is 6.62. The van der Waals surface area contributed by atoms with Gasteiger partial charge in [-0.05, 0) is 56.0 Å². The summed E-state index contributed by atoms with van der Waals surface area (Å²) in [5, 5.41) is 3.78. The summed E-state index contributed by atoms with van der Waals surface area (Å²) < 4.78 is 5.83. The van der Waals surface area contributed by atoms with Gasteiger partial charge in [0.1, 0.15) is 11.8 Å². The second-order valence-electron chi connectivity index (χ2n) is 7.42. The fraction of sp³-hybridized carbons (Fsp3) is 0.417. The van der Waals surface area contributed by atoms with Gasteiger partial charge in [-0.2, -0.15) is 0 Å². The smallest absolute Gasteiger partial charge is 0.261 e. The lowest BCUT2D eigenvalue weighted by Crippen LogP contribution is -2.50. The standard InChI is InChI=1S/C24H30Cl2N2O3/c1-5-13-27-24(30)21(6-2)28(14-18-19(25)10-8-11-20(18)26)23(29)15-31-22-12-7-9-16(3)17(22)4/h7-12,21H,5-6,13-15H2,1-4H3,(H,27,30). The summed E-state index contributed by atoms with van der Waals surface area (Å²) in [4.78, 5) is 27.6. The van der Waals surface area contributed by atoms with E-state index in [0.29, 0.717) is 34.3 Å². The highest BCUT2D eigenvalue weighted by molar-refractivity contribution is 6.36. The monoisotopic (exact) mass is 464 g/mol. The van der Waals surface area contributed by atoms with Gasteiger partial charge in [0.05, 0.1) is 0 Å². The number of hydrogen-bond acceptors (Lipinski definition) is 3. The molecule has 0 saturated carbocycles. The topological polar surface area (TPSA) is 58.6 Å². The molecule has 2 aromatic rings. The summed E-state index contributed by atoms with van der Waals surface area (Å²) >= 11 is 12.7. The molecule has 0 spiro atoms. The van der Waals surface area contributed by atoms with Gasteiger partial charge in [-0.15, -0.1) is 0 Å². The van der Waals surface area contributed by atoms with E-state index in [1.165, 1.54) is 4.90 Å². The number of aryl methyl sites for hydroxylation is 1. The Morgan fingerprint density at radius 3 is 2.32 bits per heavy atom. The minimum atomic E-state index is -0.659. The van der Waals surface area contributed by atoms with Crippen LogP contribution in [0.1, 0.15) is 43.4 Å². The van der Waals surface area contributed by atoms with Gasteiger partial charge in [0.2, 0.25) is 5.91 Å².